The van der Waals surface area contributed by atoms with Crippen molar-refractivity contribution in [1.29, 1.82) is 0 Å². The average molecular weight is 470 g/mol. The van der Waals surface area contributed by atoms with Gasteiger partial charge in [-0.25, -0.2) is 9.78 Å². The first kappa shape index (κ1) is 22.6. The maximum atomic E-state index is 12.9. The molecule has 5 rings (SSSR count). The van der Waals surface area contributed by atoms with Crippen LogP contribution in [0.2, 0.25) is 0 Å². The second kappa shape index (κ2) is 9.99. The fourth-order valence-electron chi connectivity index (χ4n) is 4.25. The molecule has 35 heavy (non-hydrogen) atoms. The number of imidazole rings is 1. The molecule has 0 bridgehead atoms. The molecule has 1 fully saturated rings. The first-order valence-corrected chi connectivity index (χ1v) is 11.7. The molecule has 4 aromatic rings. The van der Waals surface area contributed by atoms with Gasteiger partial charge in [-0.15, -0.1) is 0 Å². The number of anilines is 1. The van der Waals surface area contributed by atoms with Gasteiger partial charge in [-0.3, -0.25) is 9.20 Å². The van der Waals surface area contributed by atoms with Gasteiger partial charge in [0.25, 0.3) is 5.91 Å². The van der Waals surface area contributed by atoms with E-state index < -0.39 is 0 Å². The van der Waals surface area contributed by atoms with Gasteiger partial charge in [-0.2, -0.15) is 0 Å². The number of rotatable bonds is 5. The summed E-state index contributed by atoms with van der Waals surface area (Å²) in [4.78, 5) is 31.2. The highest BCUT2D eigenvalue weighted by atomic mass is 16.5. The Bertz CT molecular complexity index is 1370. The van der Waals surface area contributed by atoms with Crippen molar-refractivity contribution in [3.8, 4) is 22.4 Å². The van der Waals surface area contributed by atoms with Gasteiger partial charge < -0.3 is 20.3 Å². The molecule has 1 saturated heterocycles. The Morgan fingerprint density at radius 1 is 0.971 bits per heavy atom. The number of morpholine rings is 1. The number of fused-ring (bicyclic) bond motifs is 1. The summed E-state index contributed by atoms with van der Waals surface area (Å²) in [5.41, 5.74) is 5.98. The summed E-state index contributed by atoms with van der Waals surface area (Å²) in [5, 5.41) is 5.58. The third-order valence-corrected chi connectivity index (χ3v) is 6.01. The molecule has 0 spiro atoms. The lowest BCUT2D eigenvalue weighted by molar-refractivity contribution is 0.0303. The van der Waals surface area contributed by atoms with E-state index in [-0.39, 0.29) is 11.9 Å². The predicted octanol–water partition coefficient (Wildman–Crippen LogP) is 4.28. The normalized spacial score (nSPS) is 13.6. The summed E-state index contributed by atoms with van der Waals surface area (Å²) in [6.07, 6.45) is 3.80. The molecule has 8 heteroatoms. The number of nitrogens with one attached hydrogen (secondary N) is 2. The molecule has 0 saturated carbocycles. The molecule has 0 atom stereocenters. The number of ether oxygens (including phenoxy) is 1. The van der Waals surface area contributed by atoms with E-state index >= 15 is 0 Å². The number of pyridine rings is 1. The van der Waals surface area contributed by atoms with Crippen LogP contribution in [0.15, 0.2) is 73.1 Å². The van der Waals surface area contributed by atoms with E-state index in [1.165, 1.54) is 0 Å². The van der Waals surface area contributed by atoms with Crippen LogP contribution in [0.5, 0.6) is 0 Å². The monoisotopic (exact) mass is 469 g/mol. The molecule has 8 nitrogen and oxygen atoms in total. The van der Waals surface area contributed by atoms with Crippen molar-refractivity contribution in [2.24, 2.45) is 0 Å². The van der Waals surface area contributed by atoms with Crippen LogP contribution < -0.4 is 10.6 Å². The van der Waals surface area contributed by atoms with Crippen LogP contribution in [-0.2, 0) is 4.74 Å². The van der Waals surface area contributed by atoms with E-state index in [1.807, 2.05) is 89.3 Å². The van der Waals surface area contributed by atoms with Crippen LogP contribution in [0.25, 0.3) is 28.0 Å². The average Bonchev–Trinajstić information content (AvgIpc) is 3.32. The van der Waals surface area contributed by atoms with E-state index in [2.05, 4.69) is 15.6 Å². The van der Waals surface area contributed by atoms with Gasteiger partial charge in [0.2, 0.25) is 0 Å². The third-order valence-electron chi connectivity index (χ3n) is 6.01. The molecule has 1 aliphatic rings. The highest BCUT2D eigenvalue weighted by Gasteiger charge is 2.19. The van der Waals surface area contributed by atoms with Crippen LogP contribution in [0.4, 0.5) is 10.5 Å². The molecule has 0 aliphatic carbocycles. The van der Waals surface area contributed by atoms with Crippen molar-refractivity contribution in [1.82, 2.24) is 19.6 Å². The lowest BCUT2D eigenvalue weighted by atomic mass is 10.0. The summed E-state index contributed by atoms with van der Waals surface area (Å²) in [7, 11) is 0. The predicted molar refractivity (Wildman–Crippen MR) is 135 cm³/mol. The van der Waals surface area contributed by atoms with Crippen molar-refractivity contribution >= 4 is 23.3 Å². The van der Waals surface area contributed by atoms with Crippen LogP contribution in [0.1, 0.15) is 17.3 Å². The van der Waals surface area contributed by atoms with Gasteiger partial charge in [0.05, 0.1) is 25.1 Å². The molecule has 2 aromatic heterocycles. The van der Waals surface area contributed by atoms with E-state index in [0.717, 1.165) is 28.0 Å². The summed E-state index contributed by atoms with van der Waals surface area (Å²) >= 11 is 0. The first-order chi connectivity index (χ1) is 17.1. The summed E-state index contributed by atoms with van der Waals surface area (Å²) in [6.45, 7) is 4.83. The standard InChI is InChI=1S/C27H27N5O3/c1-2-28-27(34)30-23-8-4-6-21(16-23)24-18-29-25-17-20(9-10-32(24)25)19-5-3-7-22(15-19)26(33)31-11-13-35-14-12-31/h3-10,15-18H,2,11-14H2,1H3,(H2,28,30,34). The van der Waals surface area contributed by atoms with Crippen molar-refractivity contribution in [2.75, 3.05) is 38.2 Å². The number of nitrogens with zero attached hydrogens (tertiary/aromatic N) is 3. The summed E-state index contributed by atoms with van der Waals surface area (Å²) < 4.78 is 7.37. The van der Waals surface area contributed by atoms with Gasteiger partial charge in [0.1, 0.15) is 5.65 Å². The van der Waals surface area contributed by atoms with Gasteiger partial charge in [-0.05, 0) is 54.4 Å². The Morgan fingerprint density at radius 3 is 2.57 bits per heavy atom. The van der Waals surface area contributed by atoms with Crippen molar-refractivity contribution in [3.63, 3.8) is 0 Å². The van der Waals surface area contributed by atoms with Crippen LogP contribution in [-0.4, -0.2) is 59.1 Å². The maximum Gasteiger partial charge on any atom is 0.319 e. The molecular formula is C27H27N5O3. The van der Waals surface area contributed by atoms with Crippen molar-refractivity contribution < 1.29 is 14.3 Å². The lowest BCUT2D eigenvalue weighted by Gasteiger charge is -2.27. The second-order valence-corrected chi connectivity index (χ2v) is 8.34. The zero-order chi connectivity index (χ0) is 24.2. The molecule has 0 unspecified atom stereocenters. The highest BCUT2D eigenvalue weighted by molar-refractivity contribution is 5.95. The SMILES string of the molecule is CCNC(=O)Nc1cccc(-c2cnc3cc(-c4cccc(C(=O)N5CCOCC5)c4)ccn23)c1. The van der Waals surface area contributed by atoms with Crippen molar-refractivity contribution in [2.45, 2.75) is 6.92 Å². The number of hydrogen-bond donors (Lipinski definition) is 2. The molecule has 178 valence electrons. The Hall–Kier alpha value is -4.17. The first-order valence-electron chi connectivity index (χ1n) is 11.7. The summed E-state index contributed by atoms with van der Waals surface area (Å²) in [6, 6.07) is 19.2. The van der Waals surface area contributed by atoms with Crippen LogP contribution in [0.3, 0.4) is 0 Å². The topological polar surface area (TPSA) is 88.0 Å². The number of carbonyl (C=O) groups excluding carboxylic acids is 2. The smallest absolute Gasteiger partial charge is 0.319 e. The largest absolute Gasteiger partial charge is 0.378 e. The fraction of sp³-hybridized carbons (Fsp3) is 0.222. The van der Waals surface area contributed by atoms with E-state index in [1.54, 1.807) is 0 Å². The number of aromatic nitrogens is 2. The molecule has 3 heterocycles. The minimum absolute atomic E-state index is 0.0282. The Labute approximate surface area is 203 Å². The van der Waals surface area contributed by atoms with E-state index in [9.17, 15) is 9.59 Å². The third kappa shape index (κ3) is 4.88. The second-order valence-electron chi connectivity index (χ2n) is 8.34. The molecule has 2 aromatic carbocycles. The van der Waals surface area contributed by atoms with Crippen LogP contribution >= 0.6 is 0 Å². The molecule has 1 aliphatic heterocycles. The van der Waals surface area contributed by atoms with E-state index in [0.29, 0.717) is 44.1 Å². The van der Waals surface area contributed by atoms with Gasteiger partial charge in [-0.1, -0.05) is 24.3 Å². The highest BCUT2D eigenvalue weighted by Crippen LogP contribution is 2.27. The molecule has 0 radical (unpaired) electrons. The minimum Gasteiger partial charge on any atom is -0.378 e. The fourth-order valence-corrected chi connectivity index (χ4v) is 4.25. The number of hydrogen-bond acceptors (Lipinski definition) is 4. The molecular weight excluding hydrogens is 442 g/mol. The summed E-state index contributed by atoms with van der Waals surface area (Å²) in [5.74, 6) is 0.0282. The quantitative estimate of drug-likeness (QED) is 0.457. The number of benzene rings is 2. The van der Waals surface area contributed by atoms with Crippen molar-refractivity contribution in [3.05, 3.63) is 78.6 Å². The van der Waals surface area contributed by atoms with Crippen LogP contribution in [0, 0.1) is 0 Å². The van der Waals surface area contributed by atoms with Gasteiger partial charge >= 0.3 is 6.03 Å². The molecule has 3 amide bonds. The van der Waals surface area contributed by atoms with Gasteiger partial charge in [0, 0.05) is 42.6 Å². The Balaban J connectivity index is 1.41. The number of amides is 3. The lowest BCUT2D eigenvalue weighted by Crippen LogP contribution is -2.40. The Morgan fingerprint density at radius 2 is 1.74 bits per heavy atom. The maximum absolute atomic E-state index is 12.9. The number of carbonyl (C=O) groups is 2. The Kier molecular flexibility index (Phi) is 6.45. The van der Waals surface area contributed by atoms with Gasteiger partial charge in [0.15, 0.2) is 0 Å². The zero-order valence-corrected chi connectivity index (χ0v) is 19.5. The zero-order valence-electron chi connectivity index (χ0n) is 19.5. The molecule has 2 N–H and O–H groups in total. The van der Waals surface area contributed by atoms with E-state index in [4.69, 9.17) is 4.74 Å². The minimum atomic E-state index is -0.234. The number of urea groups is 1.